The number of nitrogens with zero attached hydrogens (tertiary/aromatic N) is 1. The molecule has 7 atom stereocenters. The largest absolute Gasteiger partial charge is 0.358 e. The Hall–Kier alpha value is -0.150. The van der Waals surface area contributed by atoms with Crippen molar-refractivity contribution in [1.82, 2.24) is 10.6 Å². The Morgan fingerprint density at radius 3 is 2.89 bits per heavy atom. The van der Waals surface area contributed by atoms with Gasteiger partial charge in [0, 0.05) is 23.3 Å². The Balaban J connectivity index is 1.58. The molecule has 106 valence electrons. The average Bonchev–Trinajstić information content (AvgIpc) is 2.99. The third-order valence-electron chi connectivity index (χ3n) is 4.82. The molecule has 5 heteroatoms. The van der Waals surface area contributed by atoms with E-state index in [1.165, 1.54) is 19.3 Å². The van der Waals surface area contributed by atoms with Crippen molar-refractivity contribution in [2.24, 2.45) is 11.8 Å². The van der Waals surface area contributed by atoms with Crippen molar-refractivity contribution in [3.8, 4) is 6.07 Å². The highest BCUT2D eigenvalue weighted by Crippen LogP contribution is 2.36. The summed E-state index contributed by atoms with van der Waals surface area (Å²) in [5.74, 6) is 1.29. The molecule has 0 aromatic rings. The fraction of sp³-hybridized carbons (Fsp3) is 0.929. The number of hydrogen-bond donors (Lipinski definition) is 2. The molecule has 0 aromatic heterocycles. The molecule has 0 radical (unpaired) electrons. The first-order valence-corrected chi connectivity index (χ1v) is 8.27. The van der Waals surface area contributed by atoms with Crippen LogP contribution in [0.5, 0.6) is 0 Å². The predicted molar refractivity (Wildman–Crippen MR) is 76.8 cm³/mol. The summed E-state index contributed by atoms with van der Waals surface area (Å²) in [6.07, 6.45) is 5.03. The molecule has 2 aliphatic heterocycles. The van der Waals surface area contributed by atoms with E-state index in [1.807, 2.05) is 0 Å². The van der Waals surface area contributed by atoms with Crippen molar-refractivity contribution >= 4 is 15.9 Å². The maximum absolute atomic E-state index is 9.00. The normalized spacial score (nSPS) is 49.8. The van der Waals surface area contributed by atoms with Crippen molar-refractivity contribution in [2.75, 3.05) is 6.54 Å². The highest BCUT2D eigenvalue weighted by molar-refractivity contribution is 9.09. The Bertz CT molecular complexity index is 372. The molecule has 1 saturated carbocycles. The van der Waals surface area contributed by atoms with E-state index >= 15 is 0 Å². The molecule has 3 fully saturated rings. The molecular formula is C14H22BrN3O. The van der Waals surface area contributed by atoms with Gasteiger partial charge in [-0.2, -0.15) is 5.26 Å². The number of alkyl halides is 1. The van der Waals surface area contributed by atoms with Gasteiger partial charge in [0.1, 0.15) is 6.10 Å². The number of piperidine rings is 1. The fourth-order valence-corrected chi connectivity index (χ4v) is 4.65. The molecule has 2 saturated heterocycles. The maximum atomic E-state index is 9.00. The fourth-order valence-electron chi connectivity index (χ4n) is 3.75. The second kappa shape index (κ2) is 5.69. The molecule has 0 spiro atoms. The average molecular weight is 328 g/mol. The van der Waals surface area contributed by atoms with Crippen molar-refractivity contribution in [3.05, 3.63) is 0 Å². The summed E-state index contributed by atoms with van der Waals surface area (Å²) in [5, 5.41) is 16.3. The minimum absolute atomic E-state index is 0.189. The number of ether oxygens (including phenoxy) is 1. The highest BCUT2D eigenvalue weighted by atomic mass is 79.9. The number of rotatable bonds is 2. The molecular weight excluding hydrogens is 306 g/mol. The molecule has 2 heterocycles. The van der Waals surface area contributed by atoms with E-state index in [0.29, 0.717) is 23.0 Å². The van der Waals surface area contributed by atoms with E-state index < -0.39 is 0 Å². The third-order valence-corrected chi connectivity index (χ3v) is 6.03. The standard InChI is InChI=1S/C14H22BrN3O/c1-8-2-3-9(4-8)18-14-13(15)11-5-10(6-16)19-12(11)7-17-14/h8-14,17-18H,2-5,7H2,1H3/t8?,9-,10?,11?,12?,13?,14?/m0/s1. The second-order valence-electron chi connectivity index (χ2n) is 6.30. The lowest BCUT2D eigenvalue weighted by molar-refractivity contribution is 0.0407. The zero-order valence-electron chi connectivity index (χ0n) is 11.3. The third kappa shape index (κ3) is 2.82. The monoisotopic (exact) mass is 327 g/mol. The number of halogens is 1. The molecule has 6 unspecified atom stereocenters. The van der Waals surface area contributed by atoms with Gasteiger partial charge in [-0.1, -0.05) is 22.9 Å². The summed E-state index contributed by atoms with van der Waals surface area (Å²) in [6, 6.07) is 2.88. The SMILES string of the molecule is CC1CC[C@H](NC2NCC3OC(C#N)CC3C2Br)C1. The molecule has 0 amide bonds. The summed E-state index contributed by atoms with van der Waals surface area (Å²) < 4.78 is 5.74. The van der Waals surface area contributed by atoms with Crippen LogP contribution in [-0.4, -0.2) is 35.8 Å². The number of hydrogen-bond acceptors (Lipinski definition) is 4. The molecule has 1 aliphatic carbocycles. The van der Waals surface area contributed by atoms with E-state index in [-0.39, 0.29) is 12.2 Å². The molecule has 3 rings (SSSR count). The zero-order valence-corrected chi connectivity index (χ0v) is 12.9. The zero-order chi connectivity index (χ0) is 13.4. The summed E-state index contributed by atoms with van der Waals surface area (Å²) in [6.45, 7) is 3.19. The molecule has 4 nitrogen and oxygen atoms in total. The summed E-state index contributed by atoms with van der Waals surface area (Å²) in [4.78, 5) is 0.348. The topological polar surface area (TPSA) is 57.1 Å². The minimum atomic E-state index is -0.220. The van der Waals surface area contributed by atoms with Gasteiger partial charge in [0.05, 0.1) is 18.3 Å². The molecule has 0 bridgehead atoms. The Labute approximate surface area is 123 Å². The highest BCUT2D eigenvalue weighted by Gasteiger charge is 2.45. The van der Waals surface area contributed by atoms with Crippen molar-refractivity contribution in [3.63, 3.8) is 0 Å². The summed E-state index contributed by atoms with van der Waals surface area (Å²) >= 11 is 3.83. The van der Waals surface area contributed by atoms with Gasteiger partial charge < -0.3 is 4.74 Å². The molecule has 3 aliphatic rings. The lowest BCUT2D eigenvalue weighted by atomic mass is 9.90. The van der Waals surface area contributed by atoms with Crippen LogP contribution in [0.15, 0.2) is 0 Å². The van der Waals surface area contributed by atoms with Gasteiger partial charge in [0.25, 0.3) is 0 Å². The Morgan fingerprint density at radius 1 is 1.37 bits per heavy atom. The summed E-state index contributed by atoms with van der Waals surface area (Å²) in [7, 11) is 0. The van der Waals surface area contributed by atoms with Crippen LogP contribution in [0.2, 0.25) is 0 Å². The molecule has 19 heavy (non-hydrogen) atoms. The number of nitrogens with one attached hydrogen (secondary N) is 2. The van der Waals surface area contributed by atoms with Gasteiger partial charge in [-0.3, -0.25) is 10.6 Å². The lowest BCUT2D eigenvalue weighted by Gasteiger charge is -2.38. The van der Waals surface area contributed by atoms with E-state index in [9.17, 15) is 0 Å². The van der Waals surface area contributed by atoms with Crippen molar-refractivity contribution in [2.45, 2.75) is 61.8 Å². The number of fused-ring (bicyclic) bond motifs is 1. The van der Waals surface area contributed by atoms with Crippen LogP contribution < -0.4 is 10.6 Å². The first kappa shape index (κ1) is 13.8. The van der Waals surface area contributed by atoms with Crippen LogP contribution in [0.4, 0.5) is 0 Å². The predicted octanol–water partition coefficient (Wildman–Crippen LogP) is 1.75. The number of nitriles is 1. The molecule has 0 aromatic carbocycles. The van der Waals surface area contributed by atoms with Crippen molar-refractivity contribution < 1.29 is 4.74 Å². The van der Waals surface area contributed by atoms with Crippen LogP contribution in [0.3, 0.4) is 0 Å². The quantitative estimate of drug-likeness (QED) is 0.759. The Kier molecular flexibility index (Phi) is 4.14. The first-order chi connectivity index (χ1) is 9.17. The van der Waals surface area contributed by atoms with Crippen LogP contribution in [-0.2, 0) is 4.74 Å². The smallest absolute Gasteiger partial charge is 0.144 e. The van der Waals surface area contributed by atoms with Gasteiger partial charge in [0.2, 0.25) is 0 Å². The maximum Gasteiger partial charge on any atom is 0.144 e. The van der Waals surface area contributed by atoms with Crippen LogP contribution in [0.1, 0.15) is 32.6 Å². The lowest BCUT2D eigenvalue weighted by Crippen LogP contribution is -2.60. The van der Waals surface area contributed by atoms with Gasteiger partial charge in [0.15, 0.2) is 0 Å². The second-order valence-corrected chi connectivity index (χ2v) is 7.36. The van der Waals surface area contributed by atoms with E-state index in [2.05, 4.69) is 39.6 Å². The van der Waals surface area contributed by atoms with E-state index in [4.69, 9.17) is 10.00 Å². The van der Waals surface area contributed by atoms with E-state index in [1.54, 1.807) is 0 Å². The van der Waals surface area contributed by atoms with Crippen LogP contribution in [0, 0.1) is 23.2 Å². The summed E-state index contributed by atoms with van der Waals surface area (Å²) in [5.41, 5.74) is 0. The minimum Gasteiger partial charge on any atom is -0.358 e. The van der Waals surface area contributed by atoms with Gasteiger partial charge in [-0.05, 0) is 31.6 Å². The van der Waals surface area contributed by atoms with Crippen LogP contribution >= 0.6 is 15.9 Å². The van der Waals surface area contributed by atoms with Crippen molar-refractivity contribution in [1.29, 1.82) is 5.26 Å². The molecule has 2 N–H and O–H groups in total. The first-order valence-electron chi connectivity index (χ1n) is 7.36. The van der Waals surface area contributed by atoms with Gasteiger partial charge in [-0.25, -0.2) is 0 Å². The Morgan fingerprint density at radius 2 is 2.21 bits per heavy atom. The van der Waals surface area contributed by atoms with Gasteiger partial charge >= 0.3 is 0 Å². The van der Waals surface area contributed by atoms with Gasteiger partial charge in [-0.15, -0.1) is 0 Å². The van der Waals surface area contributed by atoms with Crippen LogP contribution in [0.25, 0.3) is 0 Å². The van der Waals surface area contributed by atoms with E-state index in [0.717, 1.165) is 18.9 Å².